The van der Waals surface area contributed by atoms with E-state index >= 15 is 0 Å². The normalized spacial score (nSPS) is 13.3. The van der Waals surface area contributed by atoms with Crippen LogP contribution < -0.4 is 0 Å². The van der Waals surface area contributed by atoms with Crippen molar-refractivity contribution in [3.63, 3.8) is 0 Å². The van der Waals surface area contributed by atoms with Crippen LogP contribution in [0.1, 0.15) is 27.7 Å². The molecule has 72 valence electrons. The van der Waals surface area contributed by atoms with E-state index in [9.17, 15) is 13.6 Å². The maximum Gasteiger partial charge on any atom is 0.270 e. The van der Waals surface area contributed by atoms with Crippen LogP contribution in [0.15, 0.2) is 6.20 Å². The lowest BCUT2D eigenvalue weighted by molar-refractivity contribution is -0.00588. The molecule has 0 aliphatic heterocycles. The number of carbonyl (C=O) groups is 1. The summed E-state index contributed by atoms with van der Waals surface area (Å²) in [4.78, 5) is 14.6. The highest BCUT2D eigenvalue weighted by Crippen LogP contribution is 2.24. The highest BCUT2D eigenvalue weighted by Gasteiger charge is 2.22. The Balaban J connectivity index is 2.85. The van der Waals surface area contributed by atoms with Gasteiger partial charge in [-0.3, -0.25) is 4.79 Å². The number of ketones is 1. The number of alkyl halides is 2. The van der Waals surface area contributed by atoms with Gasteiger partial charge in [0.2, 0.25) is 0 Å². The minimum absolute atomic E-state index is 0.125. The van der Waals surface area contributed by atoms with Crippen LogP contribution in [0.2, 0.25) is 0 Å². The molecule has 1 unspecified atom stereocenters. The van der Waals surface area contributed by atoms with Gasteiger partial charge in [-0.2, -0.15) is 0 Å². The maximum absolute atomic E-state index is 12.0. The first kappa shape index (κ1) is 10.2. The molecule has 1 atom stereocenters. The topological polar surface area (TPSA) is 50.2 Å². The van der Waals surface area contributed by atoms with Crippen molar-refractivity contribution >= 4 is 17.1 Å². The number of Topliss-reactive ketones (excluding diaryl/α,β-unsaturated/α-hetero) is 1. The van der Waals surface area contributed by atoms with Crippen molar-refractivity contribution in [2.75, 3.05) is 0 Å². The number of aliphatic hydroxyl groups excluding tert-OH is 1. The first-order valence-electron chi connectivity index (χ1n) is 3.45. The Bertz CT molecular complexity index is 313. The number of hydrogen-bond donors (Lipinski definition) is 1. The molecule has 1 aromatic heterocycles. The number of carbonyl (C=O) groups excluding carboxylic acids is 1. The largest absolute Gasteiger partial charge is 0.380 e. The summed E-state index contributed by atoms with van der Waals surface area (Å²) in [5.74, 6) is -0.245. The molecule has 0 amide bonds. The SMILES string of the molecule is CC(=O)c1cnc(C(O)C(F)F)s1. The Morgan fingerprint density at radius 1 is 1.69 bits per heavy atom. The lowest BCUT2D eigenvalue weighted by Crippen LogP contribution is -2.06. The van der Waals surface area contributed by atoms with Gasteiger partial charge in [0.25, 0.3) is 6.43 Å². The van der Waals surface area contributed by atoms with Crippen molar-refractivity contribution in [2.45, 2.75) is 19.5 Å². The van der Waals surface area contributed by atoms with Crippen LogP contribution in [0.3, 0.4) is 0 Å². The minimum Gasteiger partial charge on any atom is -0.380 e. The van der Waals surface area contributed by atoms with Gasteiger partial charge in [0.1, 0.15) is 5.01 Å². The Kier molecular flexibility index (Phi) is 3.05. The molecule has 0 aliphatic rings. The molecule has 0 radical (unpaired) electrons. The summed E-state index contributed by atoms with van der Waals surface area (Å²) in [7, 11) is 0. The minimum atomic E-state index is -2.87. The Labute approximate surface area is 77.0 Å². The molecule has 1 rings (SSSR count). The second-order valence-electron chi connectivity index (χ2n) is 2.40. The van der Waals surface area contributed by atoms with Crippen LogP contribution in [0.25, 0.3) is 0 Å². The summed E-state index contributed by atoms with van der Waals surface area (Å²) < 4.78 is 23.9. The van der Waals surface area contributed by atoms with Crippen molar-refractivity contribution in [3.05, 3.63) is 16.1 Å². The van der Waals surface area contributed by atoms with Gasteiger partial charge in [-0.1, -0.05) is 0 Å². The zero-order valence-electron chi connectivity index (χ0n) is 6.70. The van der Waals surface area contributed by atoms with E-state index in [4.69, 9.17) is 5.11 Å². The summed E-state index contributed by atoms with van der Waals surface area (Å²) in [5, 5.41) is 8.75. The average molecular weight is 207 g/mol. The maximum atomic E-state index is 12.0. The Morgan fingerprint density at radius 3 is 2.69 bits per heavy atom. The van der Waals surface area contributed by atoms with Crippen LogP contribution >= 0.6 is 11.3 Å². The van der Waals surface area contributed by atoms with E-state index in [-0.39, 0.29) is 15.7 Å². The van der Waals surface area contributed by atoms with Gasteiger partial charge in [-0.15, -0.1) is 11.3 Å². The molecule has 1 heterocycles. The molecule has 0 saturated heterocycles. The molecule has 0 fully saturated rings. The molecule has 0 aliphatic carbocycles. The molecular formula is C7H7F2NO2S. The summed E-state index contributed by atoms with van der Waals surface area (Å²) in [6.07, 6.45) is -3.57. The first-order chi connectivity index (χ1) is 6.02. The van der Waals surface area contributed by atoms with E-state index in [0.717, 1.165) is 11.3 Å². The first-order valence-corrected chi connectivity index (χ1v) is 4.27. The third-order valence-corrected chi connectivity index (χ3v) is 2.53. The van der Waals surface area contributed by atoms with Crippen molar-refractivity contribution < 1.29 is 18.7 Å². The van der Waals surface area contributed by atoms with Gasteiger partial charge in [0.15, 0.2) is 11.9 Å². The molecule has 1 N–H and O–H groups in total. The van der Waals surface area contributed by atoms with Crippen molar-refractivity contribution in [3.8, 4) is 0 Å². The van der Waals surface area contributed by atoms with E-state index in [1.165, 1.54) is 13.1 Å². The second-order valence-corrected chi connectivity index (χ2v) is 3.46. The zero-order valence-corrected chi connectivity index (χ0v) is 7.52. The number of aliphatic hydroxyl groups is 1. The fourth-order valence-electron chi connectivity index (χ4n) is 0.695. The van der Waals surface area contributed by atoms with Crippen molar-refractivity contribution in [2.24, 2.45) is 0 Å². The standard InChI is InChI=1S/C7H7F2NO2S/c1-3(11)4-2-10-7(13-4)5(12)6(8)9/h2,5-6,12H,1H3. The number of hydrogen-bond acceptors (Lipinski definition) is 4. The summed E-state index contributed by atoms with van der Waals surface area (Å²) >= 11 is 0.787. The lowest BCUT2D eigenvalue weighted by Gasteiger charge is -2.03. The van der Waals surface area contributed by atoms with Crippen LogP contribution in [0.5, 0.6) is 0 Å². The van der Waals surface area contributed by atoms with E-state index in [2.05, 4.69) is 4.98 Å². The second kappa shape index (κ2) is 3.89. The number of halogens is 2. The molecule has 0 spiro atoms. The number of rotatable bonds is 3. The lowest BCUT2D eigenvalue weighted by atomic mass is 10.4. The van der Waals surface area contributed by atoms with Gasteiger partial charge in [-0.05, 0) is 0 Å². The van der Waals surface area contributed by atoms with Crippen LogP contribution in [-0.4, -0.2) is 22.3 Å². The highest BCUT2D eigenvalue weighted by atomic mass is 32.1. The van der Waals surface area contributed by atoms with E-state index in [1.54, 1.807) is 0 Å². The van der Waals surface area contributed by atoms with Gasteiger partial charge in [-0.25, -0.2) is 13.8 Å². The monoisotopic (exact) mass is 207 g/mol. The van der Waals surface area contributed by atoms with Crippen LogP contribution in [0.4, 0.5) is 8.78 Å². The average Bonchev–Trinajstić information content (AvgIpc) is 2.50. The summed E-state index contributed by atoms with van der Waals surface area (Å²) in [5.41, 5.74) is 0. The third kappa shape index (κ3) is 2.28. The fraction of sp³-hybridized carbons (Fsp3) is 0.429. The smallest absolute Gasteiger partial charge is 0.270 e. The molecule has 0 bridgehead atoms. The predicted octanol–water partition coefficient (Wildman–Crippen LogP) is 1.64. The van der Waals surface area contributed by atoms with Crippen LogP contribution in [0, 0.1) is 0 Å². The molecular weight excluding hydrogens is 200 g/mol. The third-order valence-electron chi connectivity index (χ3n) is 1.36. The summed E-state index contributed by atoms with van der Waals surface area (Å²) in [6.45, 7) is 1.31. The molecule has 0 aromatic carbocycles. The van der Waals surface area contributed by atoms with Gasteiger partial charge < -0.3 is 5.11 Å². The van der Waals surface area contributed by atoms with Gasteiger partial charge in [0, 0.05) is 13.1 Å². The summed E-state index contributed by atoms with van der Waals surface area (Å²) in [6, 6.07) is 0. The molecule has 13 heavy (non-hydrogen) atoms. The number of thiazole rings is 1. The Hall–Kier alpha value is -0.880. The van der Waals surface area contributed by atoms with Crippen molar-refractivity contribution in [1.29, 1.82) is 0 Å². The van der Waals surface area contributed by atoms with E-state index in [0.29, 0.717) is 0 Å². The number of aromatic nitrogens is 1. The Morgan fingerprint density at radius 2 is 2.31 bits per heavy atom. The highest BCUT2D eigenvalue weighted by molar-refractivity contribution is 7.13. The van der Waals surface area contributed by atoms with Gasteiger partial charge in [0.05, 0.1) is 4.88 Å². The molecule has 3 nitrogen and oxygen atoms in total. The molecule has 6 heteroatoms. The fourth-order valence-corrected chi connectivity index (χ4v) is 1.50. The predicted molar refractivity (Wildman–Crippen MR) is 43.1 cm³/mol. The van der Waals surface area contributed by atoms with Gasteiger partial charge >= 0.3 is 0 Å². The molecule has 1 aromatic rings. The zero-order chi connectivity index (χ0) is 10.0. The van der Waals surface area contributed by atoms with Crippen LogP contribution in [-0.2, 0) is 0 Å². The van der Waals surface area contributed by atoms with E-state index < -0.39 is 12.5 Å². The molecule has 0 saturated carbocycles. The van der Waals surface area contributed by atoms with Crippen molar-refractivity contribution in [1.82, 2.24) is 4.98 Å². The van der Waals surface area contributed by atoms with E-state index in [1.807, 2.05) is 0 Å². The quantitative estimate of drug-likeness (QED) is 0.766. The number of nitrogens with zero attached hydrogens (tertiary/aromatic N) is 1.